The van der Waals surface area contributed by atoms with Gasteiger partial charge in [0.25, 0.3) is 0 Å². The predicted molar refractivity (Wildman–Crippen MR) is 106 cm³/mol. The zero-order chi connectivity index (χ0) is 18.4. The lowest BCUT2D eigenvalue weighted by Crippen LogP contribution is -2.15. The number of anilines is 1. The normalized spacial score (nSPS) is 11.6. The summed E-state index contributed by atoms with van der Waals surface area (Å²) in [5, 5.41) is 4.12. The molecule has 1 N–H and O–H groups in total. The fraction of sp³-hybridized carbons (Fsp3) is 0.136. The molecule has 0 saturated heterocycles. The Morgan fingerprint density at radius 2 is 1.62 bits per heavy atom. The first-order valence-corrected chi connectivity index (χ1v) is 8.78. The van der Waals surface area contributed by atoms with E-state index in [1.165, 1.54) is 0 Å². The quantitative estimate of drug-likeness (QED) is 0.540. The molecule has 3 nitrogen and oxygen atoms in total. The van der Waals surface area contributed by atoms with Crippen molar-refractivity contribution in [3.8, 4) is 5.75 Å². The second-order valence-electron chi connectivity index (χ2n) is 5.97. The molecule has 0 heterocycles. The molecule has 4 heteroatoms. The topological polar surface area (TPSA) is 38.3 Å². The molecule has 0 aliphatic heterocycles. The highest BCUT2D eigenvalue weighted by Gasteiger charge is 2.17. The van der Waals surface area contributed by atoms with Crippen LogP contribution >= 0.6 is 11.6 Å². The van der Waals surface area contributed by atoms with Gasteiger partial charge in [-0.3, -0.25) is 4.79 Å². The maximum Gasteiger partial charge on any atom is 0.165 e. The second kappa shape index (κ2) is 8.54. The first kappa shape index (κ1) is 18.0. The summed E-state index contributed by atoms with van der Waals surface area (Å²) < 4.78 is 5.20. The summed E-state index contributed by atoms with van der Waals surface area (Å²) >= 11 is 6.01. The van der Waals surface area contributed by atoms with Crippen LogP contribution in [0.25, 0.3) is 0 Å². The average Bonchev–Trinajstić information content (AvgIpc) is 2.69. The minimum Gasteiger partial charge on any atom is -0.497 e. The molecule has 3 rings (SSSR count). The van der Waals surface area contributed by atoms with E-state index < -0.39 is 0 Å². The summed E-state index contributed by atoms with van der Waals surface area (Å²) in [6.45, 7) is 0. The van der Waals surface area contributed by atoms with E-state index in [2.05, 4.69) is 5.32 Å². The van der Waals surface area contributed by atoms with Gasteiger partial charge in [-0.15, -0.1) is 0 Å². The third-order valence-corrected chi connectivity index (χ3v) is 4.44. The number of hydrogen-bond acceptors (Lipinski definition) is 3. The maximum absolute atomic E-state index is 12.7. The molecule has 0 saturated carbocycles. The van der Waals surface area contributed by atoms with Gasteiger partial charge in [0.05, 0.1) is 13.2 Å². The second-order valence-corrected chi connectivity index (χ2v) is 6.41. The molecule has 0 fully saturated rings. The van der Waals surface area contributed by atoms with Gasteiger partial charge in [0.2, 0.25) is 0 Å². The molecule has 0 aromatic heterocycles. The summed E-state index contributed by atoms with van der Waals surface area (Å²) in [7, 11) is 1.64. The molecular weight excluding hydrogens is 346 g/mol. The van der Waals surface area contributed by atoms with Crippen LogP contribution in [-0.4, -0.2) is 12.9 Å². The van der Waals surface area contributed by atoms with Gasteiger partial charge in [-0.25, -0.2) is 0 Å². The average molecular weight is 366 g/mol. The van der Waals surface area contributed by atoms with Crippen molar-refractivity contribution in [2.45, 2.75) is 12.5 Å². The number of ketones is 1. The highest BCUT2D eigenvalue weighted by molar-refractivity contribution is 6.30. The Bertz CT molecular complexity index is 846. The van der Waals surface area contributed by atoms with E-state index in [4.69, 9.17) is 16.3 Å². The summed E-state index contributed by atoms with van der Waals surface area (Å²) in [5.74, 6) is 0.880. The van der Waals surface area contributed by atoms with Crippen LogP contribution in [0.4, 0.5) is 5.69 Å². The number of carbonyl (C=O) groups excluding carboxylic acids is 1. The summed E-state index contributed by atoms with van der Waals surface area (Å²) in [6.07, 6.45) is 0.345. The van der Waals surface area contributed by atoms with Gasteiger partial charge in [-0.1, -0.05) is 54.1 Å². The van der Waals surface area contributed by atoms with Crippen LogP contribution in [0.2, 0.25) is 5.02 Å². The van der Waals surface area contributed by atoms with Gasteiger partial charge in [0.1, 0.15) is 5.75 Å². The SMILES string of the molecule is COc1ccc(N[C@@H](CC(=O)c2ccccc2)c2ccc(Cl)cc2)cc1. The van der Waals surface area contributed by atoms with Crippen LogP contribution in [0.3, 0.4) is 0 Å². The first-order chi connectivity index (χ1) is 12.7. The van der Waals surface area contributed by atoms with Crippen LogP contribution in [0.1, 0.15) is 28.4 Å². The van der Waals surface area contributed by atoms with Crippen molar-refractivity contribution in [1.82, 2.24) is 0 Å². The third-order valence-electron chi connectivity index (χ3n) is 4.19. The lowest BCUT2D eigenvalue weighted by Gasteiger charge is -2.20. The van der Waals surface area contributed by atoms with Crippen LogP contribution in [0.5, 0.6) is 5.75 Å². The smallest absolute Gasteiger partial charge is 0.165 e. The number of nitrogens with one attached hydrogen (secondary N) is 1. The van der Waals surface area contributed by atoms with Crippen LogP contribution < -0.4 is 10.1 Å². The monoisotopic (exact) mass is 365 g/mol. The summed E-state index contributed by atoms with van der Waals surface area (Å²) in [5.41, 5.74) is 2.64. The number of methoxy groups -OCH3 is 1. The minimum absolute atomic E-state index is 0.0894. The molecule has 1 atom stereocenters. The Morgan fingerprint density at radius 1 is 0.962 bits per heavy atom. The van der Waals surface area contributed by atoms with Crippen molar-refractivity contribution in [2.75, 3.05) is 12.4 Å². The van der Waals surface area contributed by atoms with Gasteiger partial charge < -0.3 is 10.1 Å². The molecule has 26 heavy (non-hydrogen) atoms. The van der Waals surface area contributed by atoms with E-state index in [-0.39, 0.29) is 11.8 Å². The van der Waals surface area contributed by atoms with Crippen LogP contribution in [0.15, 0.2) is 78.9 Å². The lowest BCUT2D eigenvalue weighted by molar-refractivity contribution is 0.0976. The Labute approximate surface area is 158 Å². The van der Waals surface area contributed by atoms with Gasteiger partial charge in [-0.05, 0) is 42.0 Å². The molecule has 0 aliphatic carbocycles. The number of halogens is 1. The molecule has 0 unspecified atom stereocenters. The maximum atomic E-state index is 12.7. The van der Waals surface area contributed by atoms with E-state index in [0.29, 0.717) is 17.0 Å². The van der Waals surface area contributed by atoms with E-state index >= 15 is 0 Å². The Morgan fingerprint density at radius 3 is 2.23 bits per heavy atom. The molecule has 0 radical (unpaired) electrons. The molecule has 132 valence electrons. The van der Waals surface area contributed by atoms with Crippen molar-refractivity contribution in [2.24, 2.45) is 0 Å². The van der Waals surface area contributed by atoms with E-state index in [9.17, 15) is 4.79 Å². The summed E-state index contributed by atoms with van der Waals surface area (Å²) in [4.78, 5) is 12.7. The standard InChI is InChI=1S/C22H20ClNO2/c1-26-20-13-11-19(12-14-20)24-21(16-7-9-18(23)10-8-16)15-22(25)17-5-3-2-4-6-17/h2-14,21,24H,15H2,1H3/t21-/m0/s1. The summed E-state index contributed by atoms with van der Waals surface area (Å²) in [6, 6.07) is 24.4. The highest BCUT2D eigenvalue weighted by atomic mass is 35.5. The Balaban J connectivity index is 1.83. The van der Waals surface area contributed by atoms with Gasteiger partial charge in [0, 0.05) is 22.7 Å². The highest BCUT2D eigenvalue weighted by Crippen LogP contribution is 2.26. The van der Waals surface area contributed by atoms with Crippen molar-refractivity contribution < 1.29 is 9.53 Å². The van der Waals surface area contributed by atoms with E-state index in [0.717, 1.165) is 17.0 Å². The number of ether oxygens (including phenoxy) is 1. The molecule has 3 aromatic rings. The number of hydrogen-bond donors (Lipinski definition) is 1. The Hall–Kier alpha value is -2.78. The number of carbonyl (C=O) groups is 1. The van der Waals surface area contributed by atoms with Gasteiger partial charge in [0.15, 0.2) is 5.78 Å². The van der Waals surface area contributed by atoms with Crippen molar-refractivity contribution >= 4 is 23.1 Å². The number of Topliss-reactive ketones (excluding diaryl/α,β-unsaturated/α-hetero) is 1. The molecule has 0 aliphatic rings. The van der Waals surface area contributed by atoms with E-state index in [1.54, 1.807) is 7.11 Å². The van der Waals surface area contributed by atoms with Crippen molar-refractivity contribution in [1.29, 1.82) is 0 Å². The Kier molecular flexibility index (Phi) is 5.92. The largest absolute Gasteiger partial charge is 0.497 e. The minimum atomic E-state index is -0.159. The fourth-order valence-electron chi connectivity index (χ4n) is 2.76. The van der Waals surface area contributed by atoms with Crippen molar-refractivity contribution in [3.05, 3.63) is 95.0 Å². The molecule has 0 amide bonds. The molecule has 0 spiro atoms. The molecule has 3 aromatic carbocycles. The lowest BCUT2D eigenvalue weighted by atomic mass is 9.97. The third kappa shape index (κ3) is 4.64. The van der Waals surface area contributed by atoms with E-state index in [1.807, 2.05) is 78.9 Å². The zero-order valence-electron chi connectivity index (χ0n) is 14.5. The van der Waals surface area contributed by atoms with Crippen LogP contribution in [-0.2, 0) is 0 Å². The molecule has 0 bridgehead atoms. The van der Waals surface area contributed by atoms with Crippen LogP contribution in [0, 0.1) is 0 Å². The molecular formula is C22H20ClNO2. The first-order valence-electron chi connectivity index (χ1n) is 8.40. The number of rotatable bonds is 7. The van der Waals surface area contributed by atoms with Gasteiger partial charge in [-0.2, -0.15) is 0 Å². The fourth-order valence-corrected chi connectivity index (χ4v) is 2.89. The zero-order valence-corrected chi connectivity index (χ0v) is 15.2. The number of benzene rings is 3. The predicted octanol–water partition coefficient (Wildman–Crippen LogP) is 5.77. The van der Waals surface area contributed by atoms with Crippen molar-refractivity contribution in [3.63, 3.8) is 0 Å². The van der Waals surface area contributed by atoms with Gasteiger partial charge >= 0.3 is 0 Å².